The second-order valence-corrected chi connectivity index (χ2v) is 11.4. The number of benzene rings is 3. The summed E-state index contributed by atoms with van der Waals surface area (Å²) in [4.78, 5) is 16.6. The number of nitrogens with one attached hydrogen (secondary N) is 1. The molecule has 2 aromatic heterocycles. The van der Waals surface area contributed by atoms with E-state index in [0.717, 1.165) is 37.8 Å². The van der Waals surface area contributed by atoms with E-state index in [1.807, 2.05) is 4.57 Å². The van der Waals surface area contributed by atoms with Gasteiger partial charge in [0, 0.05) is 22.5 Å². The van der Waals surface area contributed by atoms with Gasteiger partial charge in [0.25, 0.3) is 0 Å². The minimum Gasteiger partial charge on any atom is -0.483 e. The molecule has 0 saturated heterocycles. The monoisotopic (exact) mass is 583 g/mol. The minimum atomic E-state index is -5.11. The zero-order valence-electron chi connectivity index (χ0n) is 21.3. The fraction of sp³-hybridized carbons (Fsp3) is 0.241. The molecule has 1 aliphatic rings. The molecule has 210 valence electrons. The van der Waals surface area contributed by atoms with Crippen molar-refractivity contribution in [2.75, 3.05) is 6.61 Å². The molecule has 5 aromatic rings. The summed E-state index contributed by atoms with van der Waals surface area (Å²) in [7, 11) is -5.11. The zero-order valence-corrected chi connectivity index (χ0v) is 22.1. The molecule has 1 saturated carbocycles. The van der Waals surface area contributed by atoms with Gasteiger partial charge in [0.1, 0.15) is 11.4 Å². The van der Waals surface area contributed by atoms with Gasteiger partial charge in [-0.3, -0.25) is 4.79 Å². The van der Waals surface area contributed by atoms with Gasteiger partial charge in [-0.2, -0.15) is 26.9 Å². The number of fused-ring (bicyclic) bond motifs is 4. The van der Waals surface area contributed by atoms with E-state index >= 15 is 0 Å². The van der Waals surface area contributed by atoms with Crippen molar-refractivity contribution in [3.63, 3.8) is 0 Å². The first-order chi connectivity index (χ1) is 19.4. The summed E-state index contributed by atoms with van der Waals surface area (Å²) >= 11 is 0. The first-order valence-electron chi connectivity index (χ1n) is 12.8. The molecule has 0 spiro atoms. The maximum atomic E-state index is 14.0. The van der Waals surface area contributed by atoms with Gasteiger partial charge in [-0.05, 0) is 54.8 Å². The molecule has 0 aliphatic heterocycles. The quantitative estimate of drug-likeness (QED) is 0.179. The lowest BCUT2D eigenvalue weighted by atomic mass is 10.00. The molecule has 0 unspecified atom stereocenters. The molecular weight excluding hydrogens is 562 g/mol. The fourth-order valence-corrected chi connectivity index (χ4v) is 6.24. The maximum absolute atomic E-state index is 14.0. The van der Waals surface area contributed by atoms with Crippen molar-refractivity contribution in [3.05, 3.63) is 70.4 Å². The van der Waals surface area contributed by atoms with Crippen LogP contribution in [0.15, 0.2) is 64.3 Å². The smallest absolute Gasteiger partial charge is 0.422 e. The minimum absolute atomic E-state index is 0.0450. The summed E-state index contributed by atoms with van der Waals surface area (Å²) in [5, 5.41) is 10.4. The molecule has 0 amide bonds. The lowest BCUT2D eigenvalue weighted by Crippen LogP contribution is -2.20. The van der Waals surface area contributed by atoms with E-state index in [0.29, 0.717) is 33.0 Å². The number of aromatic nitrogens is 2. The highest BCUT2D eigenvalue weighted by Gasteiger charge is 2.30. The van der Waals surface area contributed by atoms with Gasteiger partial charge < -0.3 is 14.3 Å². The van der Waals surface area contributed by atoms with Crippen molar-refractivity contribution < 1.29 is 30.2 Å². The Labute approximate surface area is 230 Å². The van der Waals surface area contributed by atoms with E-state index in [2.05, 4.69) is 11.1 Å². The Morgan fingerprint density at radius 1 is 1.05 bits per heavy atom. The number of H-pyrrole nitrogens is 1. The normalized spacial score (nSPS) is 14.7. The molecule has 0 radical (unpaired) electrons. The number of hydrogen-bond donors (Lipinski definition) is 1. The van der Waals surface area contributed by atoms with Crippen LogP contribution in [0, 0.1) is 11.3 Å². The number of ether oxygens (including phenoxy) is 1. The average Bonchev–Trinajstić information content (AvgIpc) is 3.59. The van der Waals surface area contributed by atoms with Gasteiger partial charge in [-0.25, -0.2) is 0 Å². The van der Waals surface area contributed by atoms with Crippen LogP contribution < -0.4 is 10.2 Å². The average molecular weight is 584 g/mol. The lowest BCUT2D eigenvalue weighted by molar-refractivity contribution is -0.153. The maximum Gasteiger partial charge on any atom is 0.422 e. The first-order valence-corrected chi connectivity index (χ1v) is 14.2. The van der Waals surface area contributed by atoms with Gasteiger partial charge in [-0.1, -0.05) is 31.0 Å². The summed E-state index contributed by atoms with van der Waals surface area (Å²) in [6.07, 6.45) is -1.23. The lowest BCUT2D eigenvalue weighted by Gasteiger charge is -2.22. The molecule has 1 N–H and O–H groups in total. The number of nitriles is 1. The zero-order chi connectivity index (χ0) is 29.1. The van der Waals surface area contributed by atoms with E-state index in [9.17, 15) is 35.5 Å². The summed E-state index contributed by atoms with van der Waals surface area (Å²) in [6, 6.07) is 14.4. The molecule has 0 atom stereocenters. The van der Waals surface area contributed by atoms with E-state index in [1.165, 1.54) is 24.3 Å². The van der Waals surface area contributed by atoms with Crippen LogP contribution >= 0.6 is 0 Å². The number of hydrogen-bond acceptors (Lipinski definition) is 5. The predicted molar refractivity (Wildman–Crippen MR) is 145 cm³/mol. The van der Waals surface area contributed by atoms with Crippen LogP contribution in [0.1, 0.15) is 37.3 Å². The summed E-state index contributed by atoms with van der Waals surface area (Å²) < 4.78 is 83.8. The van der Waals surface area contributed by atoms with Gasteiger partial charge >= 0.3 is 16.4 Å². The van der Waals surface area contributed by atoms with Crippen molar-refractivity contribution in [1.29, 1.82) is 5.26 Å². The van der Waals surface area contributed by atoms with Crippen LogP contribution in [0.2, 0.25) is 0 Å². The van der Waals surface area contributed by atoms with E-state index in [1.54, 1.807) is 18.2 Å². The second kappa shape index (κ2) is 9.62. The van der Waals surface area contributed by atoms with Crippen LogP contribution in [0.3, 0.4) is 0 Å². The Hall–Kier alpha value is -4.37. The van der Waals surface area contributed by atoms with Crippen LogP contribution in [0.4, 0.5) is 17.1 Å². The number of pyridine rings is 1. The number of halogens is 4. The van der Waals surface area contributed by atoms with Crippen molar-refractivity contribution in [2.24, 2.45) is 0 Å². The van der Waals surface area contributed by atoms with Gasteiger partial charge in [0.15, 0.2) is 12.0 Å². The molecule has 2 heterocycles. The molecule has 1 aliphatic carbocycles. The largest absolute Gasteiger partial charge is 0.483 e. The molecule has 6 rings (SSSR count). The number of alkyl halides is 3. The summed E-state index contributed by atoms with van der Waals surface area (Å²) in [6.45, 7) is -1.66. The molecule has 12 heteroatoms. The van der Waals surface area contributed by atoms with Gasteiger partial charge in [0.05, 0.1) is 32.8 Å². The van der Waals surface area contributed by atoms with E-state index < -0.39 is 33.3 Å². The Bertz CT molecular complexity index is 2070. The van der Waals surface area contributed by atoms with Crippen molar-refractivity contribution in [2.45, 2.75) is 42.8 Å². The molecule has 41 heavy (non-hydrogen) atoms. The van der Waals surface area contributed by atoms with E-state index in [4.69, 9.17) is 4.74 Å². The third-order valence-corrected chi connectivity index (χ3v) is 8.30. The Balaban J connectivity index is 1.72. The summed E-state index contributed by atoms with van der Waals surface area (Å²) in [5.74, 6) is -0.302. The first kappa shape index (κ1) is 26.8. The topological polar surface area (TPSA) is 105 Å². The van der Waals surface area contributed by atoms with Gasteiger partial charge in [0.2, 0.25) is 0 Å². The van der Waals surface area contributed by atoms with Crippen molar-refractivity contribution in [3.8, 4) is 22.9 Å². The second-order valence-electron chi connectivity index (χ2n) is 10.1. The molecular formula is C29H21F4N3O4S. The molecule has 1 fully saturated rings. The van der Waals surface area contributed by atoms with Crippen LogP contribution in [-0.4, -0.2) is 30.8 Å². The highest BCUT2D eigenvalue weighted by atomic mass is 32.3. The Kier molecular flexibility index (Phi) is 6.30. The van der Waals surface area contributed by atoms with Crippen molar-refractivity contribution >= 4 is 43.1 Å². The van der Waals surface area contributed by atoms with Crippen molar-refractivity contribution in [1.82, 2.24) is 9.55 Å². The van der Waals surface area contributed by atoms with Gasteiger partial charge in [-0.15, -0.1) is 3.89 Å². The third kappa shape index (κ3) is 4.80. The molecule has 7 nitrogen and oxygen atoms in total. The Morgan fingerprint density at radius 2 is 1.80 bits per heavy atom. The van der Waals surface area contributed by atoms with E-state index in [-0.39, 0.29) is 28.3 Å². The third-order valence-electron chi connectivity index (χ3n) is 7.49. The predicted octanol–water partition coefficient (Wildman–Crippen LogP) is 6.89. The standard InChI is InChI=1S/C29H21F4N3O4S/c30-29(31,32)15-40-25-13-22-24(12-21(25)17-4-3-7-19(11-17)41(33,38)39)36(18-5-1-2-6-18)28-26(27(22)37)20-9-8-16(14-34)10-23(20)35-28/h3-4,7-13,18,35H,1-2,5-6,15H2. The number of rotatable bonds is 5. The summed E-state index contributed by atoms with van der Waals surface area (Å²) in [5.41, 5.74) is 1.60. The number of nitrogens with zero attached hydrogens (tertiary/aromatic N) is 2. The van der Waals surface area contributed by atoms with Crippen LogP contribution in [0.25, 0.3) is 44.0 Å². The Morgan fingerprint density at radius 3 is 2.49 bits per heavy atom. The molecule has 3 aromatic carbocycles. The number of aromatic amines is 1. The molecule has 0 bridgehead atoms. The fourth-order valence-electron chi connectivity index (χ4n) is 5.73. The van der Waals surface area contributed by atoms with Crippen LogP contribution in [0.5, 0.6) is 5.75 Å². The van der Waals surface area contributed by atoms with Crippen LogP contribution in [-0.2, 0) is 10.2 Å². The highest BCUT2D eigenvalue weighted by Crippen LogP contribution is 2.41. The SMILES string of the molecule is N#Cc1ccc2c(c1)[nH]c1c2c(=O)c2cc(OCC(F)(F)F)c(-c3cccc(S(=O)(=O)F)c3)cc2n1C1CCCC1. The highest BCUT2D eigenvalue weighted by molar-refractivity contribution is 7.86.